The van der Waals surface area contributed by atoms with Gasteiger partial charge in [0.25, 0.3) is 11.1 Å². The summed E-state index contributed by atoms with van der Waals surface area (Å²) in [6.07, 6.45) is 10.5. The normalized spacial score (nSPS) is 17.4. The van der Waals surface area contributed by atoms with Crippen molar-refractivity contribution in [3.63, 3.8) is 0 Å². The molecule has 2 aliphatic carbocycles. The van der Waals surface area contributed by atoms with Crippen LogP contribution in [0.1, 0.15) is 44.3 Å². The third-order valence-electron chi connectivity index (χ3n) is 4.57. The predicted octanol–water partition coefficient (Wildman–Crippen LogP) is 4.18. The van der Waals surface area contributed by atoms with Gasteiger partial charge in [0.1, 0.15) is 5.76 Å². The maximum Gasteiger partial charge on any atom is 0.277 e. The maximum atomic E-state index is 12.7. The van der Waals surface area contributed by atoms with E-state index in [2.05, 4.69) is 16.3 Å². The largest absolute Gasteiger partial charge is 0.469 e. The minimum Gasteiger partial charge on any atom is -0.469 e. The van der Waals surface area contributed by atoms with E-state index < -0.39 is 0 Å². The number of furan rings is 1. The van der Waals surface area contributed by atoms with Crippen molar-refractivity contribution in [2.24, 2.45) is 0 Å². The number of carbonyl (C=O) groups is 1. The Morgan fingerprint density at radius 1 is 1.36 bits per heavy atom. The van der Waals surface area contributed by atoms with Gasteiger partial charge >= 0.3 is 0 Å². The lowest BCUT2D eigenvalue weighted by Gasteiger charge is -2.27. The van der Waals surface area contributed by atoms with Crippen molar-refractivity contribution in [3.05, 3.63) is 29.9 Å². The SMILES string of the molecule is Cc1occc1-c1nnc(SCC(=O)N(C2=CCCCC2)C2CC2)o1. The average molecular weight is 359 g/mol. The number of thioether (sulfide) groups is 1. The van der Waals surface area contributed by atoms with Crippen LogP contribution in [0.25, 0.3) is 11.5 Å². The predicted molar refractivity (Wildman–Crippen MR) is 93.9 cm³/mol. The van der Waals surface area contributed by atoms with E-state index in [-0.39, 0.29) is 5.91 Å². The molecular weight excluding hydrogens is 338 g/mol. The molecule has 0 aromatic carbocycles. The van der Waals surface area contributed by atoms with Crippen LogP contribution in [0.3, 0.4) is 0 Å². The number of allylic oxidation sites excluding steroid dienone is 2. The lowest BCUT2D eigenvalue weighted by molar-refractivity contribution is -0.127. The number of hydrogen-bond donors (Lipinski definition) is 0. The highest BCUT2D eigenvalue weighted by atomic mass is 32.2. The van der Waals surface area contributed by atoms with Gasteiger partial charge in [0.15, 0.2) is 0 Å². The molecule has 0 unspecified atom stereocenters. The lowest BCUT2D eigenvalue weighted by Crippen LogP contribution is -2.34. The molecule has 2 aliphatic rings. The molecule has 132 valence electrons. The number of rotatable bonds is 6. The van der Waals surface area contributed by atoms with Crippen molar-refractivity contribution in [2.75, 3.05) is 5.75 Å². The van der Waals surface area contributed by atoms with Crippen molar-refractivity contribution in [1.82, 2.24) is 15.1 Å². The van der Waals surface area contributed by atoms with E-state index in [0.29, 0.717) is 22.9 Å². The van der Waals surface area contributed by atoms with Gasteiger partial charge in [-0.2, -0.15) is 0 Å². The van der Waals surface area contributed by atoms with Gasteiger partial charge in [-0.05, 0) is 51.5 Å². The summed E-state index contributed by atoms with van der Waals surface area (Å²) in [6, 6.07) is 2.19. The molecule has 7 heteroatoms. The summed E-state index contributed by atoms with van der Waals surface area (Å²) in [6.45, 7) is 1.85. The average Bonchev–Trinajstić information content (AvgIpc) is 3.17. The van der Waals surface area contributed by atoms with Gasteiger partial charge in [0.05, 0.1) is 17.6 Å². The maximum absolute atomic E-state index is 12.7. The second kappa shape index (κ2) is 7.07. The molecule has 1 saturated carbocycles. The highest BCUT2D eigenvalue weighted by molar-refractivity contribution is 7.99. The minimum absolute atomic E-state index is 0.139. The number of carbonyl (C=O) groups excluding carboxylic acids is 1. The van der Waals surface area contributed by atoms with E-state index >= 15 is 0 Å². The van der Waals surface area contributed by atoms with Crippen LogP contribution in [0.15, 0.2) is 38.2 Å². The number of aromatic nitrogens is 2. The zero-order valence-corrected chi connectivity index (χ0v) is 15.1. The summed E-state index contributed by atoms with van der Waals surface area (Å²) in [5.41, 5.74) is 2.00. The monoisotopic (exact) mass is 359 g/mol. The van der Waals surface area contributed by atoms with Gasteiger partial charge in [-0.3, -0.25) is 4.79 Å². The van der Waals surface area contributed by atoms with E-state index in [1.165, 1.54) is 30.3 Å². The molecule has 4 rings (SSSR count). The zero-order chi connectivity index (χ0) is 17.2. The molecule has 0 aliphatic heterocycles. The molecule has 2 aromatic rings. The van der Waals surface area contributed by atoms with Crippen LogP contribution >= 0.6 is 11.8 Å². The quantitative estimate of drug-likeness (QED) is 0.721. The number of aryl methyl sites for hydroxylation is 1. The summed E-state index contributed by atoms with van der Waals surface area (Å²) in [4.78, 5) is 14.8. The Balaban J connectivity index is 1.40. The molecule has 25 heavy (non-hydrogen) atoms. The van der Waals surface area contributed by atoms with E-state index in [1.807, 2.05) is 11.8 Å². The van der Waals surface area contributed by atoms with Gasteiger partial charge in [0, 0.05) is 11.7 Å². The van der Waals surface area contributed by atoms with Crippen LogP contribution in [0.5, 0.6) is 0 Å². The van der Waals surface area contributed by atoms with Crippen LogP contribution in [0.4, 0.5) is 0 Å². The summed E-state index contributed by atoms with van der Waals surface area (Å²) in [5, 5.41) is 8.50. The van der Waals surface area contributed by atoms with E-state index in [9.17, 15) is 4.79 Å². The Morgan fingerprint density at radius 3 is 2.92 bits per heavy atom. The minimum atomic E-state index is 0.139. The van der Waals surface area contributed by atoms with Crippen molar-refractivity contribution in [1.29, 1.82) is 0 Å². The standard InChI is InChI=1S/C18H21N3O3S/c1-12-15(9-10-23-12)17-19-20-18(24-17)25-11-16(22)21(14-7-8-14)13-5-3-2-4-6-13/h5,9-10,14H,2-4,6-8,11H2,1H3. The third kappa shape index (κ3) is 3.66. The van der Waals surface area contributed by atoms with Crippen molar-refractivity contribution < 1.29 is 13.6 Å². The molecule has 0 saturated heterocycles. The first kappa shape index (κ1) is 16.4. The van der Waals surface area contributed by atoms with E-state index in [4.69, 9.17) is 8.83 Å². The Hall–Kier alpha value is -2.02. The number of nitrogens with zero attached hydrogens (tertiary/aromatic N) is 3. The molecule has 2 heterocycles. The van der Waals surface area contributed by atoms with Crippen LogP contribution in [0.2, 0.25) is 0 Å². The fourth-order valence-corrected chi connectivity index (χ4v) is 3.77. The van der Waals surface area contributed by atoms with Crippen molar-refractivity contribution in [3.8, 4) is 11.5 Å². The molecule has 2 aromatic heterocycles. The van der Waals surface area contributed by atoms with Gasteiger partial charge in [-0.15, -0.1) is 10.2 Å². The smallest absolute Gasteiger partial charge is 0.277 e. The molecule has 0 bridgehead atoms. The molecule has 6 nitrogen and oxygen atoms in total. The number of hydrogen-bond acceptors (Lipinski definition) is 6. The summed E-state index contributed by atoms with van der Waals surface area (Å²) >= 11 is 1.30. The molecule has 0 atom stereocenters. The fourth-order valence-electron chi connectivity index (χ4n) is 3.15. The van der Waals surface area contributed by atoms with E-state index in [1.54, 1.807) is 12.3 Å². The van der Waals surface area contributed by atoms with Gasteiger partial charge in [-0.1, -0.05) is 17.8 Å². The Labute approximate surface area is 150 Å². The molecule has 0 N–H and O–H groups in total. The van der Waals surface area contributed by atoms with Crippen LogP contribution in [-0.2, 0) is 4.79 Å². The first-order valence-electron chi connectivity index (χ1n) is 8.74. The molecule has 0 radical (unpaired) electrons. The summed E-state index contributed by atoms with van der Waals surface area (Å²) in [5.74, 6) is 1.62. The summed E-state index contributed by atoms with van der Waals surface area (Å²) in [7, 11) is 0. The van der Waals surface area contributed by atoms with E-state index in [0.717, 1.165) is 37.0 Å². The molecular formula is C18H21N3O3S. The van der Waals surface area contributed by atoms with Gasteiger partial charge in [0.2, 0.25) is 5.91 Å². The van der Waals surface area contributed by atoms with Crippen LogP contribution in [-0.4, -0.2) is 32.8 Å². The Bertz CT molecular complexity index is 791. The first-order chi connectivity index (χ1) is 12.2. The van der Waals surface area contributed by atoms with Crippen LogP contribution < -0.4 is 0 Å². The first-order valence-corrected chi connectivity index (χ1v) is 9.73. The lowest BCUT2D eigenvalue weighted by atomic mass is 10.0. The Kier molecular flexibility index (Phi) is 4.65. The zero-order valence-electron chi connectivity index (χ0n) is 14.2. The van der Waals surface area contributed by atoms with Gasteiger partial charge in [-0.25, -0.2) is 0 Å². The van der Waals surface area contributed by atoms with Crippen molar-refractivity contribution in [2.45, 2.75) is 56.7 Å². The fraction of sp³-hybridized carbons (Fsp3) is 0.500. The number of amides is 1. The third-order valence-corrected chi connectivity index (χ3v) is 5.38. The highest BCUT2D eigenvalue weighted by Gasteiger charge is 2.35. The second-order valence-electron chi connectivity index (χ2n) is 6.49. The second-order valence-corrected chi connectivity index (χ2v) is 7.42. The molecule has 1 amide bonds. The van der Waals surface area contributed by atoms with Crippen molar-refractivity contribution >= 4 is 17.7 Å². The highest BCUT2D eigenvalue weighted by Crippen LogP contribution is 2.35. The van der Waals surface area contributed by atoms with Crippen LogP contribution in [0, 0.1) is 6.92 Å². The summed E-state index contributed by atoms with van der Waals surface area (Å²) < 4.78 is 10.9. The molecule has 1 fully saturated rings. The van der Waals surface area contributed by atoms with Gasteiger partial charge < -0.3 is 13.7 Å². The Morgan fingerprint density at radius 2 is 2.24 bits per heavy atom. The topological polar surface area (TPSA) is 72.4 Å². The molecule has 0 spiro atoms.